The van der Waals surface area contributed by atoms with Crippen molar-refractivity contribution < 1.29 is 18.3 Å². The van der Waals surface area contributed by atoms with E-state index < -0.39 is 11.7 Å². The zero-order chi connectivity index (χ0) is 14.6. The SMILES string of the molecule is CC(C)N(CCO)Cc1ccc(N)cc1C(F)(F)F. The van der Waals surface area contributed by atoms with E-state index >= 15 is 0 Å². The summed E-state index contributed by atoms with van der Waals surface area (Å²) >= 11 is 0. The lowest BCUT2D eigenvalue weighted by atomic mass is 10.0. The standard InChI is InChI=1S/C13H19F3N2O/c1-9(2)18(5-6-19)8-10-3-4-11(17)7-12(10)13(14,15)16/h3-4,7,9,19H,5-6,8,17H2,1-2H3. The number of alkyl halides is 3. The topological polar surface area (TPSA) is 49.5 Å². The molecule has 0 bridgehead atoms. The smallest absolute Gasteiger partial charge is 0.399 e. The maximum atomic E-state index is 12.9. The fraction of sp³-hybridized carbons (Fsp3) is 0.538. The Kier molecular flexibility index (Phi) is 5.20. The predicted octanol–water partition coefficient (Wildman–Crippen LogP) is 2.49. The summed E-state index contributed by atoms with van der Waals surface area (Å²) in [6, 6.07) is 3.85. The van der Waals surface area contributed by atoms with E-state index in [2.05, 4.69) is 0 Å². The molecule has 0 amide bonds. The number of aliphatic hydroxyl groups excluding tert-OH is 1. The van der Waals surface area contributed by atoms with Crippen molar-refractivity contribution in [3.8, 4) is 0 Å². The minimum atomic E-state index is -4.42. The summed E-state index contributed by atoms with van der Waals surface area (Å²) in [5.74, 6) is 0. The Morgan fingerprint density at radius 2 is 1.95 bits per heavy atom. The molecule has 0 aliphatic rings. The summed E-state index contributed by atoms with van der Waals surface area (Å²) < 4.78 is 38.8. The van der Waals surface area contributed by atoms with Gasteiger partial charge in [0.1, 0.15) is 0 Å². The molecule has 1 rings (SSSR count). The highest BCUT2D eigenvalue weighted by atomic mass is 19.4. The second kappa shape index (κ2) is 6.25. The van der Waals surface area contributed by atoms with E-state index in [0.717, 1.165) is 6.07 Å². The minimum Gasteiger partial charge on any atom is -0.399 e. The molecule has 0 atom stereocenters. The maximum Gasteiger partial charge on any atom is 0.416 e. The van der Waals surface area contributed by atoms with E-state index in [4.69, 9.17) is 10.8 Å². The second-order valence-electron chi connectivity index (χ2n) is 4.70. The molecule has 0 saturated heterocycles. The Morgan fingerprint density at radius 1 is 1.32 bits per heavy atom. The quantitative estimate of drug-likeness (QED) is 0.812. The van der Waals surface area contributed by atoms with Gasteiger partial charge in [0, 0.05) is 24.8 Å². The van der Waals surface area contributed by atoms with Crippen LogP contribution < -0.4 is 5.73 Å². The molecule has 1 aromatic carbocycles. The van der Waals surface area contributed by atoms with Gasteiger partial charge in [-0.3, -0.25) is 4.90 Å². The molecule has 0 spiro atoms. The minimum absolute atomic E-state index is 0.0470. The number of hydrogen-bond donors (Lipinski definition) is 2. The second-order valence-corrected chi connectivity index (χ2v) is 4.70. The monoisotopic (exact) mass is 276 g/mol. The van der Waals surface area contributed by atoms with Gasteiger partial charge in [-0.25, -0.2) is 0 Å². The highest BCUT2D eigenvalue weighted by Crippen LogP contribution is 2.34. The average Bonchev–Trinajstić information content (AvgIpc) is 2.29. The number of halogens is 3. The van der Waals surface area contributed by atoms with Gasteiger partial charge in [0.15, 0.2) is 0 Å². The van der Waals surface area contributed by atoms with Crippen molar-refractivity contribution in [3.63, 3.8) is 0 Å². The molecular formula is C13H19F3N2O. The molecule has 0 aliphatic heterocycles. The first-order valence-electron chi connectivity index (χ1n) is 6.06. The molecular weight excluding hydrogens is 257 g/mol. The Bertz CT molecular complexity index is 419. The summed E-state index contributed by atoms with van der Waals surface area (Å²) in [5, 5.41) is 8.95. The van der Waals surface area contributed by atoms with E-state index in [1.54, 1.807) is 4.90 Å². The molecule has 0 aliphatic carbocycles. The summed E-state index contributed by atoms with van der Waals surface area (Å²) in [6.07, 6.45) is -4.42. The van der Waals surface area contributed by atoms with Gasteiger partial charge in [-0.2, -0.15) is 13.2 Å². The first-order chi connectivity index (χ1) is 8.75. The van der Waals surface area contributed by atoms with Crippen LogP contribution in [0.3, 0.4) is 0 Å². The Labute approximate surface area is 110 Å². The van der Waals surface area contributed by atoms with E-state index in [0.29, 0.717) is 6.54 Å². The van der Waals surface area contributed by atoms with Crippen LogP contribution in [0.5, 0.6) is 0 Å². The zero-order valence-electron chi connectivity index (χ0n) is 11.0. The Morgan fingerprint density at radius 3 is 2.42 bits per heavy atom. The summed E-state index contributed by atoms with van der Waals surface area (Å²) in [7, 11) is 0. The molecule has 0 radical (unpaired) electrons. The van der Waals surface area contributed by atoms with Gasteiger partial charge >= 0.3 is 6.18 Å². The zero-order valence-corrected chi connectivity index (χ0v) is 11.0. The highest BCUT2D eigenvalue weighted by molar-refractivity contribution is 5.46. The van der Waals surface area contributed by atoms with Crippen molar-refractivity contribution in [2.45, 2.75) is 32.6 Å². The van der Waals surface area contributed by atoms with Gasteiger partial charge in [-0.05, 0) is 31.5 Å². The lowest BCUT2D eigenvalue weighted by molar-refractivity contribution is -0.138. The van der Waals surface area contributed by atoms with E-state index in [1.165, 1.54) is 12.1 Å². The fourth-order valence-corrected chi connectivity index (χ4v) is 1.86. The van der Waals surface area contributed by atoms with Crippen molar-refractivity contribution in [3.05, 3.63) is 29.3 Å². The molecule has 0 fully saturated rings. The van der Waals surface area contributed by atoms with Crippen molar-refractivity contribution in [1.82, 2.24) is 4.90 Å². The van der Waals surface area contributed by atoms with Crippen LogP contribution in [0, 0.1) is 0 Å². The van der Waals surface area contributed by atoms with E-state index in [-0.39, 0.29) is 30.4 Å². The number of nitrogens with two attached hydrogens (primary N) is 1. The van der Waals surface area contributed by atoms with Gasteiger partial charge in [0.25, 0.3) is 0 Å². The van der Waals surface area contributed by atoms with Crippen LogP contribution in [0.25, 0.3) is 0 Å². The van der Waals surface area contributed by atoms with Gasteiger partial charge in [0.2, 0.25) is 0 Å². The number of nitrogens with zero attached hydrogens (tertiary/aromatic N) is 1. The molecule has 108 valence electrons. The fourth-order valence-electron chi connectivity index (χ4n) is 1.86. The Balaban J connectivity index is 3.06. The molecule has 19 heavy (non-hydrogen) atoms. The third kappa shape index (κ3) is 4.40. The lowest BCUT2D eigenvalue weighted by Gasteiger charge is -2.27. The average molecular weight is 276 g/mol. The van der Waals surface area contributed by atoms with Crippen molar-refractivity contribution in [1.29, 1.82) is 0 Å². The van der Waals surface area contributed by atoms with Crippen LogP contribution in [-0.4, -0.2) is 29.2 Å². The predicted molar refractivity (Wildman–Crippen MR) is 68.5 cm³/mol. The summed E-state index contributed by atoms with van der Waals surface area (Å²) in [4.78, 5) is 1.78. The molecule has 6 heteroatoms. The van der Waals surface area contributed by atoms with Gasteiger partial charge in [-0.15, -0.1) is 0 Å². The first kappa shape index (κ1) is 15.8. The number of rotatable bonds is 5. The number of aliphatic hydroxyl groups is 1. The van der Waals surface area contributed by atoms with Gasteiger partial charge < -0.3 is 10.8 Å². The number of benzene rings is 1. The summed E-state index contributed by atoms with van der Waals surface area (Å²) in [6.45, 7) is 4.13. The van der Waals surface area contributed by atoms with Crippen LogP contribution in [0.2, 0.25) is 0 Å². The molecule has 3 N–H and O–H groups in total. The third-order valence-electron chi connectivity index (χ3n) is 2.93. The van der Waals surface area contributed by atoms with Crippen molar-refractivity contribution in [2.75, 3.05) is 18.9 Å². The van der Waals surface area contributed by atoms with Gasteiger partial charge in [0.05, 0.1) is 12.2 Å². The van der Waals surface area contributed by atoms with Crippen LogP contribution >= 0.6 is 0 Å². The highest BCUT2D eigenvalue weighted by Gasteiger charge is 2.33. The number of nitrogen functional groups attached to an aromatic ring is 1. The van der Waals surface area contributed by atoms with Crippen LogP contribution in [0.1, 0.15) is 25.0 Å². The molecule has 0 aromatic heterocycles. The van der Waals surface area contributed by atoms with E-state index in [9.17, 15) is 13.2 Å². The Hall–Kier alpha value is -1.27. The third-order valence-corrected chi connectivity index (χ3v) is 2.93. The molecule has 0 heterocycles. The van der Waals surface area contributed by atoms with Gasteiger partial charge in [-0.1, -0.05) is 6.07 Å². The first-order valence-corrected chi connectivity index (χ1v) is 6.06. The summed E-state index contributed by atoms with van der Waals surface area (Å²) in [5.41, 5.74) is 4.97. The van der Waals surface area contributed by atoms with E-state index in [1.807, 2.05) is 13.8 Å². The molecule has 0 saturated carbocycles. The molecule has 1 aromatic rings. The molecule has 0 unspecified atom stereocenters. The van der Waals surface area contributed by atoms with Crippen LogP contribution in [0.4, 0.5) is 18.9 Å². The van der Waals surface area contributed by atoms with Crippen molar-refractivity contribution in [2.24, 2.45) is 0 Å². The van der Waals surface area contributed by atoms with Crippen molar-refractivity contribution >= 4 is 5.69 Å². The largest absolute Gasteiger partial charge is 0.416 e. The molecule has 3 nitrogen and oxygen atoms in total. The normalized spacial score (nSPS) is 12.4. The number of anilines is 1. The number of hydrogen-bond acceptors (Lipinski definition) is 3. The lowest BCUT2D eigenvalue weighted by Crippen LogP contribution is -2.33. The van der Waals surface area contributed by atoms with Crippen LogP contribution in [0.15, 0.2) is 18.2 Å². The van der Waals surface area contributed by atoms with Crippen LogP contribution in [-0.2, 0) is 12.7 Å². The maximum absolute atomic E-state index is 12.9.